The zero-order valence-corrected chi connectivity index (χ0v) is 15.4. The van der Waals surface area contributed by atoms with Crippen LogP contribution in [0.2, 0.25) is 0 Å². The molecule has 0 heterocycles. The van der Waals surface area contributed by atoms with Crippen LogP contribution in [0.4, 0.5) is 0 Å². The van der Waals surface area contributed by atoms with Crippen LogP contribution in [0.5, 0.6) is 5.75 Å². The molecule has 1 N–H and O–H groups in total. The molecule has 24 heavy (non-hydrogen) atoms. The van der Waals surface area contributed by atoms with Crippen molar-refractivity contribution in [2.75, 3.05) is 13.7 Å². The monoisotopic (exact) mass is 343 g/mol. The molecule has 0 aromatic heterocycles. The van der Waals surface area contributed by atoms with Crippen LogP contribution in [0.15, 0.2) is 48.5 Å². The Balaban J connectivity index is 1.69. The first-order valence-corrected chi connectivity index (χ1v) is 9.21. The number of benzene rings is 2. The van der Waals surface area contributed by atoms with Gasteiger partial charge in [-0.2, -0.15) is 0 Å². The van der Waals surface area contributed by atoms with Crippen LogP contribution in [0.1, 0.15) is 23.6 Å². The SMILES string of the molecule is COc1ccc(CCNC(=O)C(C)SCc2ccc(C)cc2)cc1. The number of carbonyl (C=O) groups excluding carboxylic acids is 1. The summed E-state index contributed by atoms with van der Waals surface area (Å²) in [5.74, 6) is 1.80. The van der Waals surface area contributed by atoms with Crippen molar-refractivity contribution in [1.82, 2.24) is 5.32 Å². The molecule has 1 amide bonds. The molecule has 0 aliphatic rings. The minimum Gasteiger partial charge on any atom is -0.497 e. The van der Waals surface area contributed by atoms with Crippen LogP contribution in [0.25, 0.3) is 0 Å². The summed E-state index contributed by atoms with van der Waals surface area (Å²) < 4.78 is 5.14. The number of methoxy groups -OCH3 is 1. The van der Waals surface area contributed by atoms with Crippen LogP contribution >= 0.6 is 11.8 Å². The predicted octanol–water partition coefficient (Wildman–Crippen LogP) is 3.98. The highest BCUT2D eigenvalue weighted by atomic mass is 32.2. The lowest BCUT2D eigenvalue weighted by Gasteiger charge is -2.12. The van der Waals surface area contributed by atoms with Crippen molar-refractivity contribution in [2.24, 2.45) is 0 Å². The molecule has 0 saturated heterocycles. The number of hydrogen-bond donors (Lipinski definition) is 1. The summed E-state index contributed by atoms with van der Waals surface area (Å²) in [5, 5.41) is 2.96. The lowest BCUT2D eigenvalue weighted by molar-refractivity contribution is -0.120. The van der Waals surface area contributed by atoms with Crippen molar-refractivity contribution in [3.05, 3.63) is 65.2 Å². The maximum Gasteiger partial charge on any atom is 0.232 e. The summed E-state index contributed by atoms with van der Waals surface area (Å²) in [6.45, 7) is 4.69. The highest BCUT2D eigenvalue weighted by molar-refractivity contribution is 7.99. The average molecular weight is 343 g/mol. The van der Waals surface area contributed by atoms with Crippen LogP contribution in [0, 0.1) is 6.92 Å². The van der Waals surface area contributed by atoms with E-state index in [1.807, 2.05) is 31.2 Å². The Morgan fingerprint density at radius 3 is 2.33 bits per heavy atom. The Morgan fingerprint density at radius 1 is 1.08 bits per heavy atom. The fourth-order valence-electron chi connectivity index (χ4n) is 2.25. The van der Waals surface area contributed by atoms with E-state index in [0.717, 1.165) is 17.9 Å². The zero-order valence-electron chi connectivity index (χ0n) is 14.5. The van der Waals surface area contributed by atoms with Gasteiger partial charge in [0.15, 0.2) is 0 Å². The van der Waals surface area contributed by atoms with Gasteiger partial charge in [-0.1, -0.05) is 42.0 Å². The van der Waals surface area contributed by atoms with Gasteiger partial charge in [0.1, 0.15) is 5.75 Å². The van der Waals surface area contributed by atoms with E-state index in [0.29, 0.717) is 6.54 Å². The van der Waals surface area contributed by atoms with E-state index >= 15 is 0 Å². The molecule has 0 saturated carbocycles. The van der Waals surface area contributed by atoms with Gasteiger partial charge in [-0.25, -0.2) is 0 Å². The lowest BCUT2D eigenvalue weighted by atomic mass is 10.1. The minimum atomic E-state index is -0.0535. The maximum atomic E-state index is 12.2. The molecule has 2 aromatic rings. The lowest BCUT2D eigenvalue weighted by Crippen LogP contribution is -2.32. The highest BCUT2D eigenvalue weighted by Gasteiger charge is 2.12. The van der Waals surface area contributed by atoms with Gasteiger partial charge in [-0.05, 0) is 43.5 Å². The number of ether oxygens (including phenoxy) is 1. The van der Waals surface area contributed by atoms with Crippen LogP contribution in [-0.2, 0) is 17.0 Å². The highest BCUT2D eigenvalue weighted by Crippen LogP contribution is 2.18. The molecule has 128 valence electrons. The molecule has 0 aliphatic heterocycles. The second kappa shape index (κ2) is 9.38. The van der Waals surface area contributed by atoms with Crippen molar-refractivity contribution in [3.63, 3.8) is 0 Å². The molecule has 0 fully saturated rings. The Bertz CT molecular complexity index is 638. The third-order valence-electron chi connectivity index (χ3n) is 3.86. The molecule has 0 aliphatic carbocycles. The van der Waals surface area contributed by atoms with Crippen molar-refractivity contribution in [3.8, 4) is 5.75 Å². The van der Waals surface area contributed by atoms with E-state index in [9.17, 15) is 4.79 Å². The van der Waals surface area contributed by atoms with Crippen molar-refractivity contribution in [1.29, 1.82) is 0 Å². The molecule has 0 radical (unpaired) electrons. The van der Waals surface area contributed by atoms with Crippen LogP contribution < -0.4 is 10.1 Å². The van der Waals surface area contributed by atoms with E-state index in [-0.39, 0.29) is 11.2 Å². The summed E-state index contributed by atoms with van der Waals surface area (Å²) in [4.78, 5) is 12.2. The summed E-state index contributed by atoms with van der Waals surface area (Å²) in [7, 11) is 1.66. The number of thioether (sulfide) groups is 1. The molecular weight excluding hydrogens is 318 g/mol. The van der Waals surface area contributed by atoms with E-state index in [1.165, 1.54) is 16.7 Å². The van der Waals surface area contributed by atoms with Gasteiger partial charge < -0.3 is 10.1 Å². The molecule has 1 unspecified atom stereocenters. The van der Waals surface area contributed by atoms with Gasteiger partial charge >= 0.3 is 0 Å². The normalized spacial score (nSPS) is 11.8. The van der Waals surface area contributed by atoms with Crippen LogP contribution in [-0.4, -0.2) is 24.8 Å². The average Bonchev–Trinajstić information content (AvgIpc) is 2.61. The van der Waals surface area contributed by atoms with Gasteiger partial charge in [0.25, 0.3) is 0 Å². The van der Waals surface area contributed by atoms with Gasteiger partial charge in [-0.15, -0.1) is 11.8 Å². The number of rotatable bonds is 8. The van der Waals surface area contributed by atoms with Crippen LogP contribution in [0.3, 0.4) is 0 Å². The summed E-state index contributed by atoms with van der Waals surface area (Å²) in [6.07, 6.45) is 0.824. The van der Waals surface area contributed by atoms with E-state index in [2.05, 4.69) is 36.5 Å². The predicted molar refractivity (Wildman–Crippen MR) is 102 cm³/mol. The number of aryl methyl sites for hydroxylation is 1. The first-order valence-electron chi connectivity index (χ1n) is 8.16. The van der Waals surface area contributed by atoms with E-state index in [1.54, 1.807) is 18.9 Å². The first-order chi connectivity index (χ1) is 11.6. The second-order valence-corrected chi connectivity index (χ2v) is 7.16. The minimum absolute atomic E-state index is 0.0535. The van der Waals surface area contributed by atoms with Gasteiger partial charge in [0.05, 0.1) is 12.4 Å². The topological polar surface area (TPSA) is 38.3 Å². The van der Waals surface area contributed by atoms with Gasteiger partial charge in [-0.3, -0.25) is 4.79 Å². The smallest absolute Gasteiger partial charge is 0.232 e. The third-order valence-corrected chi connectivity index (χ3v) is 5.08. The van der Waals surface area contributed by atoms with Crippen molar-refractivity contribution >= 4 is 17.7 Å². The van der Waals surface area contributed by atoms with E-state index in [4.69, 9.17) is 4.74 Å². The zero-order chi connectivity index (χ0) is 17.4. The maximum absolute atomic E-state index is 12.2. The molecule has 3 nitrogen and oxygen atoms in total. The number of amides is 1. The largest absolute Gasteiger partial charge is 0.497 e. The van der Waals surface area contributed by atoms with Crippen molar-refractivity contribution < 1.29 is 9.53 Å². The van der Waals surface area contributed by atoms with Gasteiger partial charge in [0.2, 0.25) is 5.91 Å². The fraction of sp³-hybridized carbons (Fsp3) is 0.350. The number of nitrogens with one attached hydrogen (secondary N) is 1. The molecule has 2 rings (SSSR count). The number of hydrogen-bond acceptors (Lipinski definition) is 3. The Kier molecular flexibility index (Phi) is 7.19. The molecule has 0 bridgehead atoms. The molecule has 2 aromatic carbocycles. The summed E-state index contributed by atoms with van der Waals surface area (Å²) in [5.41, 5.74) is 3.70. The van der Waals surface area contributed by atoms with Gasteiger partial charge in [0, 0.05) is 12.3 Å². The summed E-state index contributed by atoms with van der Waals surface area (Å²) in [6, 6.07) is 16.4. The quantitative estimate of drug-likeness (QED) is 0.788. The second-order valence-electron chi connectivity index (χ2n) is 5.83. The number of carbonyl (C=O) groups is 1. The fourth-order valence-corrected chi connectivity index (χ4v) is 3.12. The Labute approximate surface area is 148 Å². The molecule has 4 heteroatoms. The summed E-state index contributed by atoms with van der Waals surface area (Å²) >= 11 is 1.67. The van der Waals surface area contributed by atoms with Crippen molar-refractivity contribution in [2.45, 2.75) is 31.3 Å². The van der Waals surface area contributed by atoms with E-state index < -0.39 is 0 Å². The third kappa shape index (κ3) is 5.93. The Hall–Kier alpha value is -1.94. The standard InChI is InChI=1S/C20H25NO2S/c1-15-4-6-18(7-5-15)14-24-16(2)20(22)21-13-12-17-8-10-19(23-3)11-9-17/h4-11,16H,12-14H2,1-3H3,(H,21,22). The molecule has 0 spiro atoms. The Morgan fingerprint density at radius 2 is 1.71 bits per heavy atom. The molecular formula is C20H25NO2S. The first kappa shape index (κ1) is 18.4. The molecule has 1 atom stereocenters.